The van der Waals surface area contributed by atoms with E-state index in [9.17, 15) is 0 Å². The van der Waals surface area contributed by atoms with Crippen molar-refractivity contribution in [1.29, 1.82) is 0 Å². The summed E-state index contributed by atoms with van der Waals surface area (Å²) < 4.78 is -1.61. The zero-order valence-electron chi connectivity index (χ0n) is 8.24. The zero-order chi connectivity index (χ0) is 11.4. The molecule has 0 heterocycles. The molecule has 80 valence electrons. The molecule has 0 nitrogen and oxygen atoms in total. The maximum absolute atomic E-state index is 4.83. The Morgan fingerprint density at radius 3 is 1.57 bits per heavy atom. The second-order valence-corrected chi connectivity index (χ2v) is 6.44. The molecule has 0 bridgehead atoms. The van der Waals surface area contributed by atoms with Gasteiger partial charge in [0.1, 0.15) is 0 Å². The van der Waals surface area contributed by atoms with Crippen molar-refractivity contribution in [1.82, 2.24) is 0 Å². The molecule has 0 saturated heterocycles. The van der Waals surface area contributed by atoms with E-state index < -0.39 is 3.25 Å². The van der Waals surface area contributed by atoms with Crippen molar-refractivity contribution in [3.8, 4) is 0 Å². The Hall–Kier alpha value is 0.380. The maximum atomic E-state index is 4.83. The van der Waals surface area contributed by atoms with Crippen molar-refractivity contribution in [2.24, 2.45) is 0 Å². The smallest absolute Gasteiger partial charge is 0.0664 e. The van der Waals surface area contributed by atoms with Crippen molar-refractivity contribution in [3.05, 3.63) is 34.9 Å². The van der Waals surface area contributed by atoms with Crippen LogP contribution in [0.3, 0.4) is 0 Å². The molecular formula is C10H12Cl4. The molecule has 0 N–H and O–H groups in total. The standard InChI is InChI=1S/C9H12.CCl4/c1-7-4-5-8(2)9(3)6-7;2-1(3,4)5/h4-6H,1-3H3;. The number of hydrogen-bond donors (Lipinski definition) is 0. The van der Waals surface area contributed by atoms with Crippen molar-refractivity contribution in [2.45, 2.75) is 24.0 Å². The summed E-state index contributed by atoms with van der Waals surface area (Å²) in [5.41, 5.74) is 4.11. The van der Waals surface area contributed by atoms with Crippen molar-refractivity contribution >= 4 is 46.4 Å². The molecule has 1 aromatic rings. The lowest BCUT2D eigenvalue weighted by Crippen LogP contribution is -1.81. The zero-order valence-corrected chi connectivity index (χ0v) is 11.3. The number of hydrogen-bond acceptors (Lipinski definition) is 0. The Morgan fingerprint density at radius 2 is 1.29 bits per heavy atom. The van der Waals surface area contributed by atoms with E-state index in [-0.39, 0.29) is 0 Å². The Morgan fingerprint density at radius 1 is 0.857 bits per heavy atom. The fraction of sp³-hybridized carbons (Fsp3) is 0.400. The van der Waals surface area contributed by atoms with Gasteiger partial charge in [-0.2, -0.15) is 0 Å². The largest absolute Gasteiger partial charge is 0.266 e. The molecule has 14 heavy (non-hydrogen) atoms. The Kier molecular flexibility index (Phi) is 6.24. The molecule has 0 unspecified atom stereocenters. The van der Waals surface area contributed by atoms with E-state index in [0.717, 1.165) is 0 Å². The van der Waals surface area contributed by atoms with E-state index in [1.807, 2.05) is 0 Å². The topological polar surface area (TPSA) is 0 Å². The van der Waals surface area contributed by atoms with Crippen LogP contribution >= 0.6 is 46.4 Å². The lowest BCUT2D eigenvalue weighted by Gasteiger charge is -1.98. The van der Waals surface area contributed by atoms with Crippen LogP contribution in [0.1, 0.15) is 16.7 Å². The maximum Gasteiger partial charge on any atom is 0.266 e. The van der Waals surface area contributed by atoms with Gasteiger partial charge in [-0.15, -0.1) is 0 Å². The molecule has 4 heteroatoms. The Bertz CT molecular complexity index is 283. The molecular weight excluding hydrogens is 262 g/mol. The van der Waals surface area contributed by atoms with Crippen LogP contribution in [-0.2, 0) is 0 Å². The third-order valence-electron chi connectivity index (χ3n) is 1.66. The first-order valence-electron chi connectivity index (χ1n) is 3.99. The first-order chi connectivity index (χ1) is 6.20. The first-order valence-corrected chi connectivity index (χ1v) is 5.51. The third kappa shape index (κ3) is 8.96. The summed E-state index contributed by atoms with van der Waals surface area (Å²) in [7, 11) is 0. The molecule has 1 rings (SSSR count). The fourth-order valence-electron chi connectivity index (χ4n) is 0.891. The average molecular weight is 274 g/mol. The molecule has 0 aliphatic rings. The fourth-order valence-corrected chi connectivity index (χ4v) is 0.891. The summed E-state index contributed by atoms with van der Waals surface area (Å²) in [5.74, 6) is 0. The lowest BCUT2D eigenvalue weighted by atomic mass is 10.1. The monoisotopic (exact) mass is 272 g/mol. The molecule has 0 atom stereocenters. The first kappa shape index (κ1) is 14.4. The van der Waals surface area contributed by atoms with Crippen LogP contribution in [0.25, 0.3) is 0 Å². The van der Waals surface area contributed by atoms with E-state index in [1.54, 1.807) is 0 Å². The van der Waals surface area contributed by atoms with E-state index >= 15 is 0 Å². The van der Waals surface area contributed by atoms with Crippen LogP contribution in [0, 0.1) is 20.8 Å². The second-order valence-electron chi connectivity index (χ2n) is 3.02. The van der Waals surface area contributed by atoms with Crippen LogP contribution < -0.4 is 0 Å². The van der Waals surface area contributed by atoms with Gasteiger partial charge < -0.3 is 0 Å². The van der Waals surface area contributed by atoms with E-state index in [4.69, 9.17) is 46.4 Å². The normalized spacial score (nSPS) is 10.5. The van der Waals surface area contributed by atoms with E-state index in [0.29, 0.717) is 0 Å². The van der Waals surface area contributed by atoms with Crippen LogP contribution in [-0.4, -0.2) is 3.25 Å². The van der Waals surface area contributed by atoms with Gasteiger partial charge in [0.15, 0.2) is 0 Å². The summed E-state index contributed by atoms with van der Waals surface area (Å²) in [6, 6.07) is 6.50. The molecule has 0 fully saturated rings. The van der Waals surface area contributed by atoms with Gasteiger partial charge in [-0.3, -0.25) is 0 Å². The number of benzene rings is 1. The summed E-state index contributed by atoms with van der Waals surface area (Å²) in [4.78, 5) is 0. The van der Waals surface area contributed by atoms with Crippen LogP contribution in [0.2, 0.25) is 0 Å². The highest BCUT2D eigenvalue weighted by atomic mass is 35.6. The number of alkyl halides is 4. The lowest BCUT2D eigenvalue weighted by molar-refractivity contribution is 1.30. The van der Waals surface area contributed by atoms with Crippen molar-refractivity contribution in [3.63, 3.8) is 0 Å². The van der Waals surface area contributed by atoms with Gasteiger partial charge in [0.25, 0.3) is 3.25 Å². The predicted octanol–water partition coefficient (Wildman–Crippen LogP) is 5.16. The van der Waals surface area contributed by atoms with Gasteiger partial charge in [-0.1, -0.05) is 70.2 Å². The number of aryl methyl sites for hydroxylation is 3. The van der Waals surface area contributed by atoms with Gasteiger partial charge in [-0.25, -0.2) is 0 Å². The van der Waals surface area contributed by atoms with Crippen molar-refractivity contribution < 1.29 is 0 Å². The van der Waals surface area contributed by atoms with Crippen LogP contribution in [0.5, 0.6) is 0 Å². The number of rotatable bonds is 0. The highest BCUT2D eigenvalue weighted by Gasteiger charge is 2.11. The minimum atomic E-state index is -1.61. The summed E-state index contributed by atoms with van der Waals surface area (Å²) >= 11 is 19.3. The van der Waals surface area contributed by atoms with Crippen LogP contribution in [0.4, 0.5) is 0 Å². The molecule has 0 radical (unpaired) electrons. The van der Waals surface area contributed by atoms with Gasteiger partial charge in [-0.05, 0) is 31.9 Å². The minimum Gasteiger partial charge on any atom is -0.0664 e. The van der Waals surface area contributed by atoms with Gasteiger partial charge >= 0.3 is 0 Å². The van der Waals surface area contributed by atoms with Crippen molar-refractivity contribution in [2.75, 3.05) is 0 Å². The molecule has 0 amide bonds. The summed E-state index contributed by atoms with van der Waals surface area (Å²) in [6.45, 7) is 6.39. The molecule has 0 spiro atoms. The molecule has 0 aromatic heterocycles. The Balaban J connectivity index is 0.000000292. The molecule has 0 aliphatic heterocycles. The average Bonchev–Trinajstić information content (AvgIpc) is 1.94. The van der Waals surface area contributed by atoms with E-state index in [2.05, 4.69) is 39.0 Å². The number of halogens is 4. The predicted molar refractivity (Wildman–Crippen MR) is 66.8 cm³/mol. The minimum absolute atomic E-state index is 1.35. The van der Waals surface area contributed by atoms with E-state index in [1.165, 1.54) is 16.7 Å². The highest BCUT2D eigenvalue weighted by Crippen LogP contribution is 2.29. The summed E-state index contributed by atoms with van der Waals surface area (Å²) in [6.07, 6.45) is 0. The highest BCUT2D eigenvalue weighted by molar-refractivity contribution is 6.83. The molecule has 0 aliphatic carbocycles. The summed E-state index contributed by atoms with van der Waals surface area (Å²) in [5, 5.41) is 0. The van der Waals surface area contributed by atoms with Gasteiger partial charge in [0.05, 0.1) is 0 Å². The van der Waals surface area contributed by atoms with Gasteiger partial charge in [0, 0.05) is 0 Å². The SMILES string of the molecule is Cc1ccc(C)c(C)c1.ClC(Cl)(Cl)Cl. The quantitative estimate of drug-likeness (QED) is 0.573. The molecule has 0 saturated carbocycles. The second kappa shape index (κ2) is 6.07. The Labute approximate surface area is 105 Å². The molecule has 1 aromatic carbocycles. The van der Waals surface area contributed by atoms with Crippen LogP contribution in [0.15, 0.2) is 18.2 Å². The third-order valence-corrected chi connectivity index (χ3v) is 1.66. The van der Waals surface area contributed by atoms with Gasteiger partial charge in [0.2, 0.25) is 0 Å².